The molecule has 0 unspecified atom stereocenters. The summed E-state index contributed by atoms with van der Waals surface area (Å²) in [6, 6.07) is 5.61. The Morgan fingerprint density at radius 1 is 1.24 bits per heavy atom. The molecule has 1 aliphatic rings. The fraction of sp³-hybridized carbons (Fsp3) is 0.625. The van der Waals surface area contributed by atoms with Crippen molar-refractivity contribution in [2.45, 2.75) is 62.8 Å². The third-order valence-electron chi connectivity index (χ3n) is 4.29. The van der Waals surface area contributed by atoms with Crippen LogP contribution in [0, 0.1) is 6.92 Å². The molecule has 0 bridgehead atoms. The van der Waals surface area contributed by atoms with Crippen molar-refractivity contribution in [2.75, 3.05) is 6.54 Å². The van der Waals surface area contributed by atoms with Crippen molar-refractivity contribution >= 4 is 21.6 Å². The molecular weight excluding hydrogens is 306 g/mol. The number of hydrogen-bond donors (Lipinski definition) is 0. The summed E-state index contributed by atoms with van der Waals surface area (Å²) < 4.78 is 27.8. The molecule has 2 rings (SSSR count). The van der Waals surface area contributed by atoms with Gasteiger partial charge >= 0.3 is 0 Å². The number of sulfonamides is 1. The number of benzene rings is 1. The van der Waals surface area contributed by atoms with Gasteiger partial charge in [-0.1, -0.05) is 38.3 Å². The summed E-state index contributed by atoms with van der Waals surface area (Å²) in [5, 5.41) is 0. The molecule has 21 heavy (non-hydrogen) atoms. The second kappa shape index (κ2) is 7.12. The maximum atomic E-state index is 13.0. The molecule has 0 aliphatic heterocycles. The molecule has 1 aliphatic carbocycles. The normalized spacial score (nSPS) is 17.3. The SMILES string of the molecule is CCN(C1CCCCC1)S(=O)(=O)c1cc(CCl)ccc1C. The van der Waals surface area contributed by atoms with Gasteiger partial charge in [0, 0.05) is 18.5 Å². The van der Waals surface area contributed by atoms with Crippen molar-refractivity contribution in [3.05, 3.63) is 29.3 Å². The van der Waals surface area contributed by atoms with Crippen molar-refractivity contribution in [3.63, 3.8) is 0 Å². The minimum Gasteiger partial charge on any atom is -0.207 e. The lowest BCUT2D eigenvalue weighted by molar-refractivity contribution is 0.261. The van der Waals surface area contributed by atoms with E-state index in [2.05, 4.69) is 0 Å². The van der Waals surface area contributed by atoms with E-state index in [4.69, 9.17) is 11.6 Å². The Bertz CT molecular complexity index is 580. The van der Waals surface area contributed by atoms with E-state index in [1.165, 1.54) is 6.42 Å². The fourth-order valence-corrected chi connectivity index (χ4v) is 5.26. The molecule has 3 nitrogen and oxygen atoms in total. The Balaban J connectivity index is 2.38. The van der Waals surface area contributed by atoms with Gasteiger partial charge in [0.25, 0.3) is 0 Å². The lowest BCUT2D eigenvalue weighted by atomic mass is 9.95. The highest BCUT2D eigenvalue weighted by atomic mass is 35.5. The second-order valence-electron chi connectivity index (χ2n) is 5.73. The summed E-state index contributed by atoms with van der Waals surface area (Å²) in [6.45, 7) is 4.30. The van der Waals surface area contributed by atoms with Gasteiger partial charge in [-0.05, 0) is 37.0 Å². The summed E-state index contributed by atoms with van der Waals surface area (Å²) in [5.41, 5.74) is 1.64. The first-order valence-electron chi connectivity index (χ1n) is 7.68. The van der Waals surface area contributed by atoms with Crippen LogP contribution < -0.4 is 0 Å². The minimum atomic E-state index is -3.44. The molecule has 5 heteroatoms. The van der Waals surface area contributed by atoms with E-state index < -0.39 is 10.0 Å². The van der Waals surface area contributed by atoms with Crippen molar-refractivity contribution in [2.24, 2.45) is 0 Å². The molecule has 1 aromatic carbocycles. The van der Waals surface area contributed by atoms with Crippen LogP contribution in [-0.2, 0) is 15.9 Å². The zero-order valence-corrected chi connectivity index (χ0v) is 14.4. The van der Waals surface area contributed by atoms with E-state index in [1.54, 1.807) is 10.4 Å². The van der Waals surface area contributed by atoms with Crippen LogP contribution in [0.15, 0.2) is 23.1 Å². The third-order valence-corrected chi connectivity index (χ3v) is 6.77. The molecule has 1 aromatic rings. The Morgan fingerprint density at radius 3 is 2.48 bits per heavy atom. The maximum absolute atomic E-state index is 13.0. The van der Waals surface area contributed by atoms with Gasteiger partial charge in [-0.15, -0.1) is 11.6 Å². The molecule has 0 radical (unpaired) electrons. The van der Waals surface area contributed by atoms with E-state index >= 15 is 0 Å². The predicted molar refractivity (Wildman–Crippen MR) is 87.2 cm³/mol. The predicted octanol–water partition coefficient (Wildman–Crippen LogP) is 4.08. The third kappa shape index (κ3) is 3.61. The van der Waals surface area contributed by atoms with Crippen LogP contribution in [0.25, 0.3) is 0 Å². The van der Waals surface area contributed by atoms with Crippen LogP contribution in [0.4, 0.5) is 0 Å². The van der Waals surface area contributed by atoms with Gasteiger partial charge in [0.2, 0.25) is 10.0 Å². The highest BCUT2D eigenvalue weighted by Gasteiger charge is 2.32. The molecule has 0 spiro atoms. The van der Waals surface area contributed by atoms with Crippen molar-refractivity contribution in [1.29, 1.82) is 0 Å². The summed E-state index contributed by atoms with van der Waals surface area (Å²) in [4.78, 5) is 0.410. The van der Waals surface area contributed by atoms with Gasteiger partial charge in [-0.25, -0.2) is 8.42 Å². The molecule has 0 aromatic heterocycles. The van der Waals surface area contributed by atoms with Gasteiger partial charge < -0.3 is 0 Å². The summed E-state index contributed by atoms with van der Waals surface area (Å²) >= 11 is 5.86. The molecule has 118 valence electrons. The summed E-state index contributed by atoms with van der Waals surface area (Å²) in [7, 11) is -3.44. The van der Waals surface area contributed by atoms with Crippen molar-refractivity contribution in [1.82, 2.24) is 4.31 Å². The van der Waals surface area contributed by atoms with Crippen LogP contribution in [-0.4, -0.2) is 25.3 Å². The second-order valence-corrected chi connectivity index (χ2v) is 7.86. The summed E-state index contributed by atoms with van der Waals surface area (Å²) in [6.07, 6.45) is 5.41. The van der Waals surface area contributed by atoms with E-state index in [0.717, 1.165) is 36.8 Å². The van der Waals surface area contributed by atoms with Crippen LogP contribution in [0.5, 0.6) is 0 Å². The number of rotatable bonds is 5. The van der Waals surface area contributed by atoms with E-state index in [-0.39, 0.29) is 6.04 Å². The van der Waals surface area contributed by atoms with Crippen molar-refractivity contribution < 1.29 is 8.42 Å². The number of aryl methyl sites for hydroxylation is 1. The zero-order chi connectivity index (χ0) is 15.5. The summed E-state index contributed by atoms with van der Waals surface area (Å²) in [5.74, 6) is 0.332. The van der Waals surface area contributed by atoms with Crippen LogP contribution in [0.3, 0.4) is 0 Å². The number of halogens is 1. The lowest BCUT2D eigenvalue weighted by Gasteiger charge is -2.33. The van der Waals surface area contributed by atoms with Gasteiger partial charge in [0.05, 0.1) is 4.90 Å². The first-order chi connectivity index (χ1) is 10.0. The number of nitrogens with zero attached hydrogens (tertiary/aromatic N) is 1. The fourth-order valence-electron chi connectivity index (χ4n) is 3.13. The topological polar surface area (TPSA) is 37.4 Å². The quantitative estimate of drug-likeness (QED) is 0.763. The van der Waals surface area contributed by atoms with Crippen LogP contribution >= 0.6 is 11.6 Å². The Kier molecular flexibility index (Phi) is 5.69. The van der Waals surface area contributed by atoms with Gasteiger partial charge in [0.1, 0.15) is 0 Å². The smallest absolute Gasteiger partial charge is 0.207 e. The van der Waals surface area contributed by atoms with E-state index in [9.17, 15) is 8.42 Å². The lowest BCUT2D eigenvalue weighted by Crippen LogP contribution is -2.41. The number of hydrogen-bond acceptors (Lipinski definition) is 2. The minimum absolute atomic E-state index is 0.146. The van der Waals surface area contributed by atoms with Crippen LogP contribution in [0.2, 0.25) is 0 Å². The van der Waals surface area contributed by atoms with Gasteiger partial charge in [-0.3, -0.25) is 0 Å². The molecule has 0 atom stereocenters. The largest absolute Gasteiger partial charge is 0.243 e. The molecule has 0 saturated heterocycles. The van der Waals surface area contributed by atoms with Crippen LogP contribution in [0.1, 0.15) is 50.2 Å². The zero-order valence-electron chi connectivity index (χ0n) is 12.8. The highest BCUT2D eigenvalue weighted by molar-refractivity contribution is 7.89. The molecule has 1 saturated carbocycles. The standard InChI is InChI=1S/C16H24ClNO2S/c1-3-18(15-7-5-4-6-8-15)21(19,20)16-11-14(12-17)10-9-13(16)2/h9-11,15H,3-8,12H2,1-2H3. The number of alkyl halides is 1. The molecular formula is C16H24ClNO2S. The highest BCUT2D eigenvalue weighted by Crippen LogP contribution is 2.29. The molecule has 0 amide bonds. The Morgan fingerprint density at radius 2 is 1.90 bits per heavy atom. The van der Waals surface area contributed by atoms with E-state index in [0.29, 0.717) is 17.3 Å². The van der Waals surface area contributed by atoms with Crippen molar-refractivity contribution in [3.8, 4) is 0 Å². The van der Waals surface area contributed by atoms with Gasteiger partial charge in [-0.2, -0.15) is 4.31 Å². The maximum Gasteiger partial charge on any atom is 0.243 e. The average molecular weight is 330 g/mol. The average Bonchev–Trinajstić information content (AvgIpc) is 2.49. The first-order valence-corrected chi connectivity index (χ1v) is 9.65. The molecule has 0 heterocycles. The monoisotopic (exact) mass is 329 g/mol. The van der Waals surface area contributed by atoms with E-state index in [1.807, 2.05) is 26.0 Å². The molecule has 1 fully saturated rings. The van der Waals surface area contributed by atoms with Gasteiger partial charge in [0.15, 0.2) is 0 Å². The first kappa shape index (κ1) is 16.8. The Labute approximate surface area is 133 Å². The molecule has 0 N–H and O–H groups in total. The Hall–Kier alpha value is -0.580.